The Morgan fingerprint density at radius 3 is 3.00 bits per heavy atom. The summed E-state index contributed by atoms with van der Waals surface area (Å²) >= 11 is 2.09. The van der Waals surface area contributed by atoms with Gasteiger partial charge in [0.15, 0.2) is 11.5 Å². The van der Waals surface area contributed by atoms with Crippen molar-refractivity contribution in [2.75, 3.05) is 7.11 Å². The molecule has 0 saturated heterocycles. The van der Waals surface area contributed by atoms with Gasteiger partial charge in [0.1, 0.15) is 0 Å². The lowest BCUT2D eigenvalue weighted by Gasteiger charge is -2.12. The molecular formula is C10H12INO2. The molecule has 0 spiro atoms. The second-order valence-corrected chi connectivity index (χ2v) is 4.62. The van der Waals surface area contributed by atoms with Crippen LogP contribution in [0.4, 0.5) is 0 Å². The Morgan fingerprint density at radius 2 is 2.36 bits per heavy atom. The van der Waals surface area contributed by atoms with Gasteiger partial charge in [-0.2, -0.15) is 0 Å². The number of phenolic OH excluding ortho intramolecular Hbond substituents is 1. The minimum absolute atomic E-state index is 0.0908. The SMILES string of the molecule is COc1c(O)c(I)cc2c1CC[C@@H]2N. The molecule has 3 N–H and O–H groups in total. The average molecular weight is 305 g/mol. The Bertz CT molecular complexity index is 379. The molecule has 14 heavy (non-hydrogen) atoms. The van der Waals surface area contributed by atoms with Crippen LogP contribution in [0.15, 0.2) is 6.07 Å². The van der Waals surface area contributed by atoms with Crippen LogP contribution in [-0.4, -0.2) is 12.2 Å². The van der Waals surface area contributed by atoms with Gasteiger partial charge < -0.3 is 15.6 Å². The molecule has 1 aromatic carbocycles. The highest BCUT2D eigenvalue weighted by Crippen LogP contribution is 2.43. The minimum Gasteiger partial charge on any atom is -0.504 e. The predicted molar refractivity (Wildman–Crippen MR) is 62.6 cm³/mol. The fourth-order valence-electron chi connectivity index (χ4n) is 1.94. The number of hydrogen-bond donors (Lipinski definition) is 2. The molecule has 0 saturated carbocycles. The van der Waals surface area contributed by atoms with Crippen molar-refractivity contribution in [2.45, 2.75) is 18.9 Å². The van der Waals surface area contributed by atoms with Gasteiger partial charge in [0, 0.05) is 11.6 Å². The van der Waals surface area contributed by atoms with E-state index in [0.29, 0.717) is 5.75 Å². The van der Waals surface area contributed by atoms with Gasteiger partial charge in [0.05, 0.1) is 10.7 Å². The summed E-state index contributed by atoms with van der Waals surface area (Å²) in [6, 6.07) is 2.04. The van der Waals surface area contributed by atoms with Gasteiger partial charge >= 0.3 is 0 Å². The number of phenols is 1. The van der Waals surface area contributed by atoms with Gasteiger partial charge in [0.2, 0.25) is 0 Å². The van der Waals surface area contributed by atoms with E-state index in [9.17, 15) is 5.11 Å². The Morgan fingerprint density at radius 1 is 1.64 bits per heavy atom. The number of halogens is 1. The molecule has 0 aliphatic heterocycles. The van der Waals surface area contributed by atoms with Gasteiger partial charge in [0.25, 0.3) is 0 Å². The first-order valence-electron chi connectivity index (χ1n) is 4.49. The van der Waals surface area contributed by atoms with Crippen molar-refractivity contribution in [1.82, 2.24) is 0 Å². The van der Waals surface area contributed by atoms with Crippen molar-refractivity contribution < 1.29 is 9.84 Å². The second kappa shape index (κ2) is 3.58. The highest BCUT2D eigenvalue weighted by Gasteiger charge is 2.26. The van der Waals surface area contributed by atoms with Crippen molar-refractivity contribution in [3.05, 3.63) is 20.8 Å². The summed E-state index contributed by atoms with van der Waals surface area (Å²) in [5.74, 6) is 0.834. The summed E-state index contributed by atoms with van der Waals surface area (Å²) in [5, 5.41) is 9.77. The number of hydrogen-bond acceptors (Lipinski definition) is 3. The van der Waals surface area contributed by atoms with E-state index in [4.69, 9.17) is 10.5 Å². The maximum absolute atomic E-state index is 9.77. The highest BCUT2D eigenvalue weighted by atomic mass is 127. The van der Waals surface area contributed by atoms with Crippen molar-refractivity contribution in [3.8, 4) is 11.5 Å². The fourth-order valence-corrected chi connectivity index (χ4v) is 2.52. The molecule has 0 unspecified atom stereocenters. The van der Waals surface area contributed by atoms with Crippen LogP contribution in [0.25, 0.3) is 0 Å². The molecule has 0 fully saturated rings. The van der Waals surface area contributed by atoms with E-state index >= 15 is 0 Å². The Balaban J connectivity index is 2.65. The van der Waals surface area contributed by atoms with Gasteiger partial charge in [-0.25, -0.2) is 0 Å². The first-order chi connectivity index (χ1) is 6.65. The maximum Gasteiger partial charge on any atom is 0.171 e. The van der Waals surface area contributed by atoms with Gasteiger partial charge in [-0.3, -0.25) is 0 Å². The average Bonchev–Trinajstić information content (AvgIpc) is 2.51. The highest BCUT2D eigenvalue weighted by molar-refractivity contribution is 14.1. The molecule has 1 aliphatic rings. The van der Waals surface area contributed by atoms with Crippen LogP contribution >= 0.6 is 22.6 Å². The van der Waals surface area contributed by atoms with Gasteiger partial charge in [-0.15, -0.1) is 0 Å². The molecule has 2 rings (SSSR count). The van der Waals surface area contributed by atoms with Crippen LogP contribution in [0.2, 0.25) is 0 Å². The molecule has 3 nitrogen and oxygen atoms in total. The molecule has 1 atom stereocenters. The molecule has 76 valence electrons. The van der Waals surface area contributed by atoms with Crippen LogP contribution in [0, 0.1) is 3.57 Å². The third kappa shape index (κ3) is 1.37. The van der Waals surface area contributed by atoms with Crippen molar-refractivity contribution in [3.63, 3.8) is 0 Å². The number of aromatic hydroxyl groups is 1. The molecule has 1 aromatic rings. The monoisotopic (exact) mass is 305 g/mol. The maximum atomic E-state index is 9.77. The van der Waals surface area contributed by atoms with Crippen LogP contribution in [0.5, 0.6) is 11.5 Å². The third-order valence-corrected chi connectivity index (χ3v) is 3.48. The second-order valence-electron chi connectivity index (χ2n) is 3.45. The van der Waals surface area contributed by atoms with E-state index in [1.165, 1.54) is 0 Å². The quantitative estimate of drug-likeness (QED) is 0.780. The number of methoxy groups -OCH3 is 1. The Kier molecular flexibility index (Phi) is 2.57. The lowest BCUT2D eigenvalue weighted by molar-refractivity contribution is 0.368. The van der Waals surface area contributed by atoms with Crippen LogP contribution in [-0.2, 0) is 6.42 Å². The summed E-state index contributed by atoms with van der Waals surface area (Å²) in [6.45, 7) is 0. The number of nitrogens with two attached hydrogens (primary N) is 1. The van der Waals surface area contributed by atoms with Crippen molar-refractivity contribution in [2.24, 2.45) is 5.73 Å². The molecule has 0 radical (unpaired) electrons. The first kappa shape index (κ1) is 10.0. The first-order valence-corrected chi connectivity index (χ1v) is 5.56. The van der Waals surface area contributed by atoms with Crippen LogP contribution in [0.3, 0.4) is 0 Å². The van der Waals surface area contributed by atoms with Crippen molar-refractivity contribution in [1.29, 1.82) is 0 Å². The zero-order chi connectivity index (χ0) is 10.3. The molecule has 0 amide bonds. The van der Waals surface area contributed by atoms with E-state index in [1.807, 2.05) is 6.07 Å². The largest absolute Gasteiger partial charge is 0.504 e. The van der Waals surface area contributed by atoms with Gasteiger partial charge in [-0.05, 0) is 47.1 Å². The van der Waals surface area contributed by atoms with Crippen LogP contribution in [0.1, 0.15) is 23.6 Å². The van der Waals surface area contributed by atoms with E-state index in [-0.39, 0.29) is 11.8 Å². The predicted octanol–water partition coefficient (Wildman–Crippen LogP) is 1.95. The van der Waals surface area contributed by atoms with Crippen LogP contribution < -0.4 is 10.5 Å². The zero-order valence-electron chi connectivity index (χ0n) is 7.88. The molecule has 0 aromatic heterocycles. The smallest absolute Gasteiger partial charge is 0.171 e. The minimum atomic E-state index is 0.0908. The van der Waals surface area contributed by atoms with E-state index in [2.05, 4.69) is 22.6 Å². The van der Waals surface area contributed by atoms with Gasteiger partial charge in [-0.1, -0.05) is 0 Å². The fraction of sp³-hybridized carbons (Fsp3) is 0.400. The molecule has 1 aliphatic carbocycles. The molecular weight excluding hydrogens is 293 g/mol. The van der Waals surface area contributed by atoms with E-state index in [1.54, 1.807) is 7.11 Å². The zero-order valence-corrected chi connectivity index (χ0v) is 10.0. The summed E-state index contributed by atoms with van der Waals surface area (Å²) in [4.78, 5) is 0. The lowest BCUT2D eigenvalue weighted by atomic mass is 10.1. The Labute approximate surface area is 96.4 Å². The summed E-state index contributed by atoms with van der Waals surface area (Å²) < 4.78 is 6.01. The molecule has 4 heteroatoms. The summed E-state index contributed by atoms with van der Waals surface area (Å²) in [6.07, 6.45) is 1.83. The number of rotatable bonds is 1. The Hall–Kier alpha value is -0.490. The lowest BCUT2D eigenvalue weighted by Crippen LogP contribution is -2.05. The van der Waals surface area contributed by atoms with E-state index in [0.717, 1.165) is 27.5 Å². The normalized spacial score (nSPS) is 19.5. The molecule has 0 bridgehead atoms. The standard InChI is InChI=1S/C10H12INO2/c1-14-10-5-2-3-8(12)6(5)4-7(11)9(10)13/h4,8,13H,2-3,12H2,1H3/t8-/m0/s1. The number of benzene rings is 1. The summed E-state index contributed by atoms with van der Waals surface area (Å²) in [5.41, 5.74) is 8.13. The summed E-state index contributed by atoms with van der Waals surface area (Å²) in [7, 11) is 1.58. The number of ether oxygens (including phenoxy) is 1. The van der Waals surface area contributed by atoms with E-state index < -0.39 is 0 Å². The third-order valence-electron chi connectivity index (χ3n) is 2.66. The number of fused-ring (bicyclic) bond motifs is 1. The molecule has 0 heterocycles. The van der Waals surface area contributed by atoms with Crippen molar-refractivity contribution >= 4 is 22.6 Å². The topological polar surface area (TPSA) is 55.5 Å².